The van der Waals surface area contributed by atoms with Crippen LogP contribution in [0.15, 0.2) is 30.9 Å². The number of hydrogen-bond donors (Lipinski definition) is 2. The first-order valence-corrected chi connectivity index (χ1v) is 4.07. The highest BCUT2D eigenvalue weighted by atomic mass is 19.1. The largest absolute Gasteiger partial charge is 0.396 e. The quantitative estimate of drug-likeness (QED) is 0.552. The van der Waals surface area contributed by atoms with Crippen LogP contribution in [-0.4, -0.2) is 0 Å². The van der Waals surface area contributed by atoms with Crippen LogP contribution in [0, 0.1) is 5.82 Å². The second-order valence-corrected chi connectivity index (χ2v) is 2.88. The third-order valence-electron chi connectivity index (χ3n) is 1.88. The minimum absolute atomic E-state index is 0.136. The van der Waals surface area contributed by atoms with E-state index in [1.807, 2.05) is 0 Å². The molecule has 0 fully saturated rings. The molecule has 1 aromatic carbocycles. The van der Waals surface area contributed by atoms with Crippen molar-refractivity contribution in [2.75, 3.05) is 5.73 Å². The second kappa shape index (κ2) is 4.05. The lowest BCUT2D eigenvalue weighted by Gasteiger charge is -2.11. The maximum Gasteiger partial charge on any atom is 0.150 e. The van der Waals surface area contributed by atoms with Crippen LogP contribution < -0.4 is 11.5 Å². The Hall–Kier alpha value is -1.35. The zero-order valence-electron chi connectivity index (χ0n) is 7.33. The molecular weight excluding hydrogens is 167 g/mol. The molecule has 1 atom stereocenters. The summed E-state index contributed by atoms with van der Waals surface area (Å²) in [7, 11) is 0. The van der Waals surface area contributed by atoms with Crippen LogP contribution in [0.4, 0.5) is 10.1 Å². The Morgan fingerprint density at radius 1 is 1.54 bits per heavy atom. The molecule has 4 N–H and O–H groups in total. The van der Waals surface area contributed by atoms with E-state index in [1.165, 1.54) is 6.07 Å². The van der Waals surface area contributed by atoms with Gasteiger partial charge in [-0.2, -0.15) is 0 Å². The number of benzene rings is 1. The highest BCUT2D eigenvalue weighted by molar-refractivity contribution is 5.43. The summed E-state index contributed by atoms with van der Waals surface area (Å²) < 4.78 is 13.3. The molecule has 70 valence electrons. The number of nitrogens with two attached hydrogens (primary N) is 2. The lowest BCUT2D eigenvalue weighted by atomic mass is 10.0. The fraction of sp³-hybridized carbons (Fsp3) is 0.200. The average molecular weight is 180 g/mol. The molecule has 0 aliphatic carbocycles. The van der Waals surface area contributed by atoms with Crippen molar-refractivity contribution in [3.8, 4) is 0 Å². The second-order valence-electron chi connectivity index (χ2n) is 2.88. The van der Waals surface area contributed by atoms with Crippen LogP contribution >= 0.6 is 0 Å². The van der Waals surface area contributed by atoms with Crippen LogP contribution in [0.25, 0.3) is 0 Å². The molecule has 0 bridgehead atoms. The van der Waals surface area contributed by atoms with Gasteiger partial charge in [-0.3, -0.25) is 0 Å². The standard InChI is InChI=1S/C10H13FN2/c1-2-4-8(12)7-5-3-6-9(13)10(7)11/h2-3,5-6,8H,1,4,12-13H2/t8-/m1/s1. The summed E-state index contributed by atoms with van der Waals surface area (Å²) in [6.45, 7) is 3.54. The van der Waals surface area contributed by atoms with Crippen LogP contribution in [0.1, 0.15) is 18.0 Å². The fourth-order valence-corrected chi connectivity index (χ4v) is 1.16. The minimum atomic E-state index is -0.420. The van der Waals surface area contributed by atoms with Crippen molar-refractivity contribution in [2.45, 2.75) is 12.5 Å². The van der Waals surface area contributed by atoms with Gasteiger partial charge in [-0.1, -0.05) is 18.2 Å². The molecular formula is C10H13FN2. The zero-order valence-corrected chi connectivity index (χ0v) is 7.33. The molecule has 0 aliphatic rings. The van der Waals surface area contributed by atoms with E-state index >= 15 is 0 Å². The Morgan fingerprint density at radius 3 is 2.85 bits per heavy atom. The molecule has 0 spiro atoms. The molecule has 0 unspecified atom stereocenters. The van der Waals surface area contributed by atoms with Crippen molar-refractivity contribution in [1.29, 1.82) is 0 Å². The van der Waals surface area contributed by atoms with Gasteiger partial charge >= 0.3 is 0 Å². The summed E-state index contributed by atoms with van der Waals surface area (Å²) in [6.07, 6.45) is 2.20. The van der Waals surface area contributed by atoms with Gasteiger partial charge < -0.3 is 11.5 Å². The molecule has 1 aromatic rings. The molecule has 3 heteroatoms. The number of nitrogen functional groups attached to an aromatic ring is 1. The molecule has 0 saturated heterocycles. The predicted molar refractivity (Wildman–Crippen MR) is 52.6 cm³/mol. The third kappa shape index (κ3) is 2.06. The van der Waals surface area contributed by atoms with Crippen molar-refractivity contribution in [3.05, 3.63) is 42.2 Å². The summed E-state index contributed by atoms with van der Waals surface area (Å²) >= 11 is 0. The highest BCUT2D eigenvalue weighted by Gasteiger charge is 2.11. The summed E-state index contributed by atoms with van der Waals surface area (Å²) in [6, 6.07) is 4.48. The first-order valence-electron chi connectivity index (χ1n) is 4.07. The fourth-order valence-electron chi connectivity index (χ4n) is 1.16. The number of halogens is 1. The smallest absolute Gasteiger partial charge is 0.150 e. The van der Waals surface area contributed by atoms with Crippen molar-refractivity contribution in [2.24, 2.45) is 5.73 Å². The van der Waals surface area contributed by atoms with Gasteiger partial charge in [0.05, 0.1) is 5.69 Å². The Morgan fingerprint density at radius 2 is 2.23 bits per heavy atom. The Kier molecular flexibility index (Phi) is 3.03. The molecule has 0 saturated carbocycles. The first-order chi connectivity index (χ1) is 6.16. The molecule has 2 nitrogen and oxygen atoms in total. The van der Waals surface area contributed by atoms with Crippen molar-refractivity contribution < 1.29 is 4.39 Å². The van der Waals surface area contributed by atoms with Gasteiger partial charge in [0.15, 0.2) is 5.82 Å². The minimum Gasteiger partial charge on any atom is -0.396 e. The molecule has 0 aliphatic heterocycles. The number of hydrogen-bond acceptors (Lipinski definition) is 2. The van der Waals surface area contributed by atoms with E-state index in [0.29, 0.717) is 12.0 Å². The van der Waals surface area contributed by atoms with Crippen molar-refractivity contribution in [1.82, 2.24) is 0 Å². The highest BCUT2D eigenvalue weighted by Crippen LogP contribution is 2.21. The lowest BCUT2D eigenvalue weighted by molar-refractivity contribution is 0.588. The first kappa shape index (κ1) is 9.74. The maximum atomic E-state index is 13.3. The Balaban J connectivity index is 3.00. The summed E-state index contributed by atoms with van der Waals surface area (Å²) in [5.41, 5.74) is 11.7. The van der Waals surface area contributed by atoms with Gasteiger partial charge in [0, 0.05) is 11.6 Å². The number of rotatable bonds is 3. The molecule has 13 heavy (non-hydrogen) atoms. The summed E-state index contributed by atoms with van der Waals surface area (Å²) in [4.78, 5) is 0. The summed E-state index contributed by atoms with van der Waals surface area (Å²) in [5.74, 6) is -0.420. The van der Waals surface area contributed by atoms with Crippen molar-refractivity contribution in [3.63, 3.8) is 0 Å². The maximum absolute atomic E-state index is 13.3. The zero-order chi connectivity index (χ0) is 9.84. The van der Waals surface area contributed by atoms with Gasteiger partial charge in [0.2, 0.25) is 0 Å². The topological polar surface area (TPSA) is 52.0 Å². The van der Waals surface area contributed by atoms with Gasteiger partial charge in [0.1, 0.15) is 0 Å². The normalized spacial score (nSPS) is 12.5. The van der Waals surface area contributed by atoms with Gasteiger partial charge in [0.25, 0.3) is 0 Å². The van der Waals surface area contributed by atoms with E-state index in [2.05, 4.69) is 6.58 Å². The van der Waals surface area contributed by atoms with Gasteiger partial charge in [-0.05, 0) is 12.5 Å². The molecule has 1 rings (SSSR count). The van der Waals surface area contributed by atoms with Gasteiger partial charge in [-0.15, -0.1) is 6.58 Å². The Labute approximate surface area is 77.0 Å². The van der Waals surface area contributed by atoms with Crippen LogP contribution in [0.3, 0.4) is 0 Å². The van der Waals surface area contributed by atoms with Gasteiger partial charge in [-0.25, -0.2) is 4.39 Å². The Bertz CT molecular complexity index is 310. The SMILES string of the molecule is C=CC[C@@H](N)c1cccc(N)c1F. The van der Waals surface area contributed by atoms with Crippen molar-refractivity contribution >= 4 is 5.69 Å². The van der Waals surface area contributed by atoms with E-state index < -0.39 is 5.82 Å². The van der Waals surface area contributed by atoms with E-state index in [4.69, 9.17) is 11.5 Å². The monoisotopic (exact) mass is 180 g/mol. The number of anilines is 1. The van der Waals surface area contributed by atoms with E-state index in [0.717, 1.165) is 0 Å². The van der Waals surface area contributed by atoms with Crippen LogP contribution in [0.2, 0.25) is 0 Å². The molecule has 0 amide bonds. The molecule has 0 aromatic heterocycles. The molecule has 0 radical (unpaired) electrons. The molecule has 0 heterocycles. The summed E-state index contributed by atoms with van der Waals surface area (Å²) in [5, 5.41) is 0. The van der Waals surface area contributed by atoms with Crippen LogP contribution in [-0.2, 0) is 0 Å². The van der Waals surface area contributed by atoms with Crippen LogP contribution in [0.5, 0.6) is 0 Å². The van der Waals surface area contributed by atoms with E-state index in [1.54, 1.807) is 18.2 Å². The van der Waals surface area contributed by atoms with E-state index in [-0.39, 0.29) is 11.7 Å². The van der Waals surface area contributed by atoms with E-state index in [9.17, 15) is 4.39 Å². The third-order valence-corrected chi connectivity index (χ3v) is 1.88. The predicted octanol–water partition coefficient (Wildman–Crippen LogP) is 1.98. The average Bonchev–Trinajstić information content (AvgIpc) is 2.10. The lowest BCUT2D eigenvalue weighted by Crippen LogP contribution is -2.12.